The summed E-state index contributed by atoms with van der Waals surface area (Å²) in [5.41, 5.74) is 6.32. The van der Waals surface area contributed by atoms with Crippen LogP contribution in [0.15, 0.2) is 72.8 Å². The standard InChI is InChI=1S/C26H29N/c1-19-15-16-26(4,25(19,2)3)24-18-22(20-11-7-5-8-12-20)17-23(27-24)21-13-9-6-10-14-21/h5-14,17-19H,15-16H2,1-4H3/t19-,26+/m1/s1. The van der Waals surface area contributed by atoms with Crippen molar-refractivity contribution >= 4 is 0 Å². The summed E-state index contributed by atoms with van der Waals surface area (Å²) in [5, 5.41) is 0. The minimum Gasteiger partial charge on any atom is -0.252 e. The Kier molecular flexibility index (Phi) is 4.42. The molecule has 27 heavy (non-hydrogen) atoms. The predicted molar refractivity (Wildman–Crippen MR) is 115 cm³/mol. The summed E-state index contributed by atoms with van der Waals surface area (Å²) in [4.78, 5) is 5.21. The van der Waals surface area contributed by atoms with Crippen molar-refractivity contribution in [3.63, 3.8) is 0 Å². The van der Waals surface area contributed by atoms with Crippen molar-refractivity contribution < 1.29 is 0 Å². The van der Waals surface area contributed by atoms with E-state index in [1.165, 1.54) is 35.2 Å². The van der Waals surface area contributed by atoms with Crippen LogP contribution in [0.2, 0.25) is 0 Å². The molecule has 1 saturated carbocycles. The zero-order chi connectivity index (χ0) is 19.1. The van der Waals surface area contributed by atoms with Crippen LogP contribution in [0, 0.1) is 11.3 Å². The van der Waals surface area contributed by atoms with Gasteiger partial charge in [-0.05, 0) is 47.4 Å². The van der Waals surface area contributed by atoms with Crippen molar-refractivity contribution in [2.24, 2.45) is 11.3 Å². The summed E-state index contributed by atoms with van der Waals surface area (Å²) in [6.07, 6.45) is 2.46. The van der Waals surface area contributed by atoms with Crippen LogP contribution in [-0.4, -0.2) is 4.98 Å². The quantitative estimate of drug-likeness (QED) is 0.487. The molecule has 4 rings (SSSR count). The van der Waals surface area contributed by atoms with E-state index in [9.17, 15) is 0 Å². The lowest BCUT2D eigenvalue weighted by Gasteiger charge is -2.41. The fraction of sp³-hybridized carbons (Fsp3) is 0.346. The molecule has 1 nitrogen and oxygen atoms in total. The molecular weight excluding hydrogens is 326 g/mol. The minimum atomic E-state index is 0.0841. The Bertz CT molecular complexity index is 869. The lowest BCUT2D eigenvalue weighted by atomic mass is 9.64. The van der Waals surface area contributed by atoms with E-state index in [0.29, 0.717) is 5.92 Å². The zero-order valence-electron chi connectivity index (χ0n) is 16.9. The Hall–Kier alpha value is -2.41. The third-order valence-corrected chi connectivity index (χ3v) is 7.30. The van der Waals surface area contributed by atoms with Crippen LogP contribution in [0.5, 0.6) is 0 Å². The minimum absolute atomic E-state index is 0.0841. The summed E-state index contributed by atoms with van der Waals surface area (Å²) < 4.78 is 0. The van der Waals surface area contributed by atoms with Gasteiger partial charge in [0.25, 0.3) is 0 Å². The smallest absolute Gasteiger partial charge is 0.0711 e. The summed E-state index contributed by atoms with van der Waals surface area (Å²) in [5.74, 6) is 0.699. The molecule has 0 aliphatic heterocycles. The van der Waals surface area contributed by atoms with Gasteiger partial charge in [-0.25, -0.2) is 0 Å². The molecule has 0 unspecified atom stereocenters. The number of hydrogen-bond acceptors (Lipinski definition) is 1. The molecule has 1 aromatic heterocycles. The molecule has 2 aromatic carbocycles. The molecule has 1 heterocycles. The monoisotopic (exact) mass is 355 g/mol. The van der Waals surface area contributed by atoms with E-state index >= 15 is 0 Å². The first-order valence-corrected chi connectivity index (χ1v) is 10.1. The second-order valence-electron chi connectivity index (χ2n) is 8.85. The molecule has 1 aliphatic rings. The Morgan fingerprint density at radius 1 is 0.778 bits per heavy atom. The molecule has 2 atom stereocenters. The molecule has 3 aromatic rings. The van der Waals surface area contributed by atoms with Crippen molar-refractivity contribution in [1.29, 1.82) is 0 Å². The highest BCUT2D eigenvalue weighted by Crippen LogP contribution is 2.56. The lowest BCUT2D eigenvalue weighted by Crippen LogP contribution is -2.38. The number of benzene rings is 2. The van der Waals surface area contributed by atoms with Gasteiger partial charge in [-0.15, -0.1) is 0 Å². The summed E-state index contributed by atoms with van der Waals surface area (Å²) >= 11 is 0. The first-order chi connectivity index (χ1) is 12.9. The molecule has 0 amide bonds. The average Bonchev–Trinajstić information content (AvgIpc) is 2.92. The molecule has 1 heteroatoms. The predicted octanol–water partition coefficient (Wildman–Crippen LogP) is 7.13. The van der Waals surface area contributed by atoms with E-state index in [1.807, 2.05) is 0 Å². The molecule has 1 aliphatic carbocycles. The lowest BCUT2D eigenvalue weighted by molar-refractivity contribution is 0.167. The van der Waals surface area contributed by atoms with E-state index in [0.717, 1.165) is 5.69 Å². The highest BCUT2D eigenvalue weighted by atomic mass is 14.8. The van der Waals surface area contributed by atoms with Crippen LogP contribution in [0.4, 0.5) is 0 Å². The number of hydrogen-bond donors (Lipinski definition) is 0. The molecular formula is C26H29N. The highest BCUT2D eigenvalue weighted by Gasteiger charge is 2.51. The maximum atomic E-state index is 5.21. The van der Waals surface area contributed by atoms with Crippen LogP contribution in [0.3, 0.4) is 0 Å². The topological polar surface area (TPSA) is 12.9 Å². The molecule has 0 bridgehead atoms. The molecule has 138 valence electrons. The van der Waals surface area contributed by atoms with E-state index in [1.54, 1.807) is 0 Å². The first-order valence-electron chi connectivity index (χ1n) is 10.1. The van der Waals surface area contributed by atoms with Gasteiger partial charge in [0, 0.05) is 16.7 Å². The Balaban J connectivity index is 1.92. The van der Waals surface area contributed by atoms with E-state index in [4.69, 9.17) is 4.98 Å². The van der Waals surface area contributed by atoms with E-state index < -0.39 is 0 Å². The van der Waals surface area contributed by atoms with Gasteiger partial charge in [0.1, 0.15) is 0 Å². The van der Waals surface area contributed by atoms with Crippen LogP contribution in [-0.2, 0) is 5.41 Å². The van der Waals surface area contributed by atoms with Crippen molar-refractivity contribution in [3.05, 3.63) is 78.5 Å². The molecule has 1 fully saturated rings. The first kappa shape index (κ1) is 18.0. The Morgan fingerprint density at radius 2 is 1.37 bits per heavy atom. The number of rotatable bonds is 3. The van der Waals surface area contributed by atoms with E-state index in [-0.39, 0.29) is 10.8 Å². The van der Waals surface area contributed by atoms with Crippen molar-refractivity contribution in [2.75, 3.05) is 0 Å². The van der Waals surface area contributed by atoms with Crippen LogP contribution in [0.1, 0.15) is 46.2 Å². The Morgan fingerprint density at radius 3 is 1.93 bits per heavy atom. The molecule has 0 spiro atoms. The van der Waals surface area contributed by atoms with Crippen LogP contribution < -0.4 is 0 Å². The average molecular weight is 356 g/mol. The second kappa shape index (κ2) is 6.64. The third kappa shape index (κ3) is 3.00. The largest absolute Gasteiger partial charge is 0.252 e. The van der Waals surface area contributed by atoms with Gasteiger partial charge in [0.2, 0.25) is 0 Å². The SMILES string of the molecule is C[C@@H]1CC[C@@](C)(c2cc(-c3ccccc3)cc(-c3ccccc3)n2)C1(C)C. The fourth-order valence-corrected chi connectivity index (χ4v) is 4.56. The van der Waals surface area contributed by atoms with Crippen molar-refractivity contribution in [2.45, 2.75) is 46.0 Å². The van der Waals surface area contributed by atoms with Crippen molar-refractivity contribution in [1.82, 2.24) is 4.98 Å². The Labute approximate surface area is 163 Å². The van der Waals surface area contributed by atoms with Gasteiger partial charge < -0.3 is 0 Å². The van der Waals surface area contributed by atoms with Crippen molar-refractivity contribution in [3.8, 4) is 22.4 Å². The summed E-state index contributed by atoms with van der Waals surface area (Å²) in [6, 6.07) is 25.8. The maximum absolute atomic E-state index is 5.21. The van der Waals surface area contributed by atoms with Gasteiger partial charge in [-0.1, -0.05) is 88.4 Å². The van der Waals surface area contributed by atoms with Gasteiger partial charge in [0.15, 0.2) is 0 Å². The number of pyridine rings is 1. The highest BCUT2D eigenvalue weighted by molar-refractivity contribution is 5.71. The van der Waals surface area contributed by atoms with Gasteiger partial charge in [-0.3, -0.25) is 4.98 Å². The molecule has 0 N–H and O–H groups in total. The number of aromatic nitrogens is 1. The van der Waals surface area contributed by atoms with Gasteiger partial charge >= 0.3 is 0 Å². The summed E-state index contributed by atoms with van der Waals surface area (Å²) in [7, 11) is 0. The fourth-order valence-electron chi connectivity index (χ4n) is 4.56. The molecule has 0 saturated heterocycles. The summed E-state index contributed by atoms with van der Waals surface area (Å²) in [6.45, 7) is 9.65. The van der Waals surface area contributed by atoms with Gasteiger partial charge in [-0.2, -0.15) is 0 Å². The second-order valence-corrected chi connectivity index (χ2v) is 8.85. The van der Waals surface area contributed by atoms with E-state index in [2.05, 4.69) is 100 Å². The van der Waals surface area contributed by atoms with Crippen LogP contribution >= 0.6 is 0 Å². The maximum Gasteiger partial charge on any atom is 0.0711 e. The number of nitrogens with zero attached hydrogens (tertiary/aromatic N) is 1. The normalized spacial score (nSPS) is 24.1. The third-order valence-electron chi connectivity index (χ3n) is 7.30. The van der Waals surface area contributed by atoms with Gasteiger partial charge in [0.05, 0.1) is 5.69 Å². The van der Waals surface area contributed by atoms with Crippen LogP contribution in [0.25, 0.3) is 22.4 Å². The zero-order valence-corrected chi connectivity index (χ0v) is 16.9. The molecule has 0 radical (unpaired) electrons.